The molecule has 0 atom stereocenters. The Morgan fingerprint density at radius 2 is 1.39 bits per heavy atom. The Kier molecular flexibility index (Phi) is 3.72. The van der Waals surface area contributed by atoms with E-state index < -0.39 is 11.9 Å². The van der Waals surface area contributed by atoms with Gasteiger partial charge in [-0.2, -0.15) is 0 Å². The van der Waals surface area contributed by atoms with Gasteiger partial charge in [0.25, 0.3) is 6.26 Å². The van der Waals surface area contributed by atoms with Crippen molar-refractivity contribution in [2.24, 2.45) is 0 Å². The van der Waals surface area contributed by atoms with Gasteiger partial charge in [0.05, 0.1) is 0 Å². The molecule has 88 valence electrons. The quantitative estimate of drug-likeness (QED) is 0.609. The molecule has 0 saturated heterocycles. The van der Waals surface area contributed by atoms with Crippen LogP contribution in [0.4, 0.5) is 0 Å². The topological polar surface area (TPSA) is 50.1 Å². The maximum absolute atomic E-state index is 11.9. The molecule has 0 saturated carbocycles. The molecule has 0 amide bonds. The van der Waals surface area contributed by atoms with Crippen molar-refractivity contribution < 1.29 is 9.53 Å². The Balaban J connectivity index is 2.42. The Morgan fingerprint density at radius 3 is 1.78 bits per heavy atom. The van der Waals surface area contributed by atoms with Gasteiger partial charge >= 0.3 is 5.97 Å². The van der Waals surface area contributed by atoms with E-state index in [4.69, 9.17) is 5.26 Å². The number of carbonyl (C=O) groups excluding carboxylic acids is 1. The van der Waals surface area contributed by atoms with Crippen LogP contribution >= 0.6 is 0 Å². The minimum Gasteiger partial charge on any atom is -0.350 e. The number of nitrogens with zero attached hydrogens (tertiary/aromatic N) is 1. The summed E-state index contributed by atoms with van der Waals surface area (Å²) in [6, 6.07) is 18.5. The second-order valence-electron chi connectivity index (χ2n) is 3.77. The van der Waals surface area contributed by atoms with Crippen molar-refractivity contribution in [1.82, 2.24) is 0 Å². The van der Waals surface area contributed by atoms with Crippen LogP contribution in [0.25, 0.3) is 0 Å². The zero-order valence-electron chi connectivity index (χ0n) is 9.61. The highest BCUT2D eigenvalue weighted by Gasteiger charge is 2.24. The molecule has 0 aliphatic heterocycles. The normalized spacial score (nSPS) is 9.78. The lowest BCUT2D eigenvalue weighted by Crippen LogP contribution is -2.15. The number of rotatable bonds is 3. The Bertz CT molecular complexity index is 519. The number of esters is 1. The van der Waals surface area contributed by atoms with E-state index in [1.165, 1.54) is 6.26 Å². The van der Waals surface area contributed by atoms with Gasteiger partial charge in [0, 0.05) is 0 Å². The third-order valence-electron chi connectivity index (χ3n) is 2.65. The summed E-state index contributed by atoms with van der Waals surface area (Å²) in [5.41, 5.74) is 1.62. The predicted octanol–water partition coefficient (Wildman–Crippen LogP) is 2.84. The van der Waals surface area contributed by atoms with Crippen molar-refractivity contribution in [3.8, 4) is 6.26 Å². The summed E-state index contributed by atoms with van der Waals surface area (Å²) < 4.78 is 4.48. The van der Waals surface area contributed by atoms with E-state index >= 15 is 0 Å². The van der Waals surface area contributed by atoms with Crippen LogP contribution in [0.1, 0.15) is 17.0 Å². The summed E-state index contributed by atoms with van der Waals surface area (Å²) in [5.74, 6) is -1.12. The van der Waals surface area contributed by atoms with Crippen LogP contribution in [0.2, 0.25) is 0 Å². The van der Waals surface area contributed by atoms with E-state index in [0.29, 0.717) is 0 Å². The van der Waals surface area contributed by atoms with Gasteiger partial charge in [0.2, 0.25) is 0 Å². The van der Waals surface area contributed by atoms with Gasteiger partial charge in [-0.15, -0.1) is 5.26 Å². The Hall–Kier alpha value is -2.60. The van der Waals surface area contributed by atoms with Crippen LogP contribution in [0.5, 0.6) is 0 Å². The third kappa shape index (κ3) is 2.55. The van der Waals surface area contributed by atoms with E-state index in [2.05, 4.69) is 4.74 Å². The molecule has 0 unspecified atom stereocenters. The molecule has 2 rings (SSSR count). The summed E-state index contributed by atoms with van der Waals surface area (Å²) in [6.45, 7) is 0. The van der Waals surface area contributed by atoms with Crippen LogP contribution in [0.15, 0.2) is 60.7 Å². The van der Waals surface area contributed by atoms with E-state index in [0.717, 1.165) is 11.1 Å². The van der Waals surface area contributed by atoms with E-state index in [-0.39, 0.29) is 0 Å². The molecule has 2 aromatic rings. The van der Waals surface area contributed by atoms with Crippen LogP contribution in [-0.4, -0.2) is 5.97 Å². The molecule has 0 fully saturated rings. The molecule has 0 bridgehead atoms. The largest absolute Gasteiger partial charge is 0.350 e. The summed E-state index contributed by atoms with van der Waals surface area (Å²) in [6.07, 6.45) is 1.44. The first kappa shape index (κ1) is 11.9. The highest BCUT2D eigenvalue weighted by molar-refractivity contribution is 5.82. The zero-order valence-corrected chi connectivity index (χ0v) is 9.61. The standard InChI is InChI=1S/C15H11NO2/c16-11-18-15(17)14(12-7-3-1-4-8-12)13-9-5-2-6-10-13/h1-10,14H. The number of nitriles is 1. The fraction of sp³-hybridized carbons (Fsp3) is 0.0667. The third-order valence-corrected chi connectivity index (χ3v) is 2.65. The van der Waals surface area contributed by atoms with Crippen molar-refractivity contribution in [2.75, 3.05) is 0 Å². The second kappa shape index (κ2) is 5.65. The smallest absolute Gasteiger partial charge is 0.333 e. The summed E-state index contributed by atoms with van der Waals surface area (Å²) in [4.78, 5) is 11.9. The van der Waals surface area contributed by atoms with Gasteiger partial charge in [0.1, 0.15) is 5.92 Å². The lowest BCUT2D eigenvalue weighted by molar-refractivity contribution is -0.137. The number of carbonyl (C=O) groups is 1. The Labute approximate surface area is 105 Å². The molecule has 0 spiro atoms. The van der Waals surface area contributed by atoms with Gasteiger partial charge in [-0.1, -0.05) is 60.7 Å². The molecule has 0 aliphatic rings. The molecule has 0 aromatic heterocycles. The monoisotopic (exact) mass is 237 g/mol. The number of benzene rings is 2. The van der Waals surface area contributed by atoms with Crippen molar-refractivity contribution in [3.63, 3.8) is 0 Å². The zero-order chi connectivity index (χ0) is 12.8. The van der Waals surface area contributed by atoms with E-state index in [9.17, 15) is 4.79 Å². The predicted molar refractivity (Wildman–Crippen MR) is 66.4 cm³/mol. The van der Waals surface area contributed by atoms with Gasteiger partial charge in [-0.05, 0) is 11.1 Å². The highest BCUT2D eigenvalue weighted by Crippen LogP contribution is 2.25. The summed E-state index contributed by atoms with van der Waals surface area (Å²) in [5, 5.41) is 8.49. The van der Waals surface area contributed by atoms with Crippen LogP contribution in [-0.2, 0) is 9.53 Å². The first-order valence-corrected chi connectivity index (χ1v) is 5.52. The molecule has 18 heavy (non-hydrogen) atoms. The lowest BCUT2D eigenvalue weighted by atomic mass is 9.91. The van der Waals surface area contributed by atoms with Crippen molar-refractivity contribution in [1.29, 1.82) is 5.26 Å². The molecule has 0 heterocycles. The summed E-state index contributed by atoms with van der Waals surface area (Å²) >= 11 is 0. The Morgan fingerprint density at radius 1 is 0.944 bits per heavy atom. The van der Waals surface area contributed by atoms with Crippen LogP contribution < -0.4 is 0 Å². The average molecular weight is 237 g/mol. The van der Waals surface area contributed by atoms with Gasteiger partial charge in [-0.25, -0.2) is 4.79 Å². The van der Waals surface area contributed by atoms with Crippen molar-refractivity contribution in [3.05, 3.63) is 71.8 Å². The molecular weight excluding hydrogens is 226 g/mol. The first-order valence-electron chi connectivity index (χ1n) is 5.52. The fourth-order valence-electron chi connectivity index (χ4n) is 1.86. The average Bonchev–Trinajstić information content (AvgIpc) is 2.42. The van der Waals surface area contributed by atoms with E-state index in [1.54, 1.807) is 0 Å². The number of hydrogen-bond acceptors (Lipinski definition) is 3. The van der Waals surface area contributed by atoms with Crippen molar-refractivity contribution >= 4 is 5.97 Å². The van der Waals surface area contributed by atoms with Gasteiger partial charge in [-0.3, -0.25) is 0 Å². The molecule has 0 radical (unpaired) electrons. The number of ether oxygens (including phenoxy) is 1. The lowest BCUT2D eigenvalue weighted by Gasteiger charge is -2.14. The van der Waals surface area contributed by atoms with Crippen LogP contribution in [0.3, 0.4) is 0 Å². The molecule has 0 N–H and O–H groups in total. The minimum atomic E-state index is -0.563. The second-order valence-corrected chi connectivity index (χ2v) is 3.77. The maximum atomic E-state index is 11.9. The highest BCUT2D eigenvalue weighted by atomic mass is 16.5. The first-order chi connectivity index (χ1) is 8.83. The number of hydrogen-bond donors (Lipinski definition) is 0. The molecule has 2 aromatic carbocycles. The maximum Gasteiger partial charge on any atom is 0.333 e. The van der Waals surface area contributed by atoms with Crippen LogP contribution in [0, 0.1) is 11.5 Å². The van der Waals surface area contributed by atoms with E-state index in [1.807, 2.05) is 60.7 Å². The SMILES string of the molecule is N#COC(=O)C(c1ccccc1)c1ccccc1. The molecule has 3 heteroatoms. The fourth-order valence-corrected chi connectivity index (χ4v) is 1.86. The molecule has 0 aliphatic carbocycles. The van der Waals surface area contributed by atoms with Crippen molar-refractivity contribution in [2.45, 2.75) is 5.92 Å². The minimum absolute atomic E-state index is 0.560. The molecule has 3 nitrogen and oxygen atoms in total. The summed E-state index contributed by atoms with van der Waals surface area (Å²) in [7, 11) is 0. The van der Waals surface area contributed by atoms with Gasteiger partial charge < -0.3 is 4.74 Å². The van der Waals surface area contributed by atoms with Gasteiger partial charge in [0.15, 0.2) is 0 Å². The molecular formula is C15H11NO2.